The van der Waals surface area contributed by atoms with Crippen LogP contribution in [-0.2, 0) is 6.42 Å². The zero-order chi connectivity index (χ0) is 24.8. The smallest absolute Gasteiger partial charge is 0.270 e. The molecule has 10 nitrogen and oxygen atoms in total. The molecule has 0 fully saturated rings. The van der Waals surface area contributed by atoms with E-state index in [1.54, 1.807) is 25.3 Å². The van der Waals surface area contributed by atoms with Crippen molar-refractivity contribution in [2.75, 3.05) is 14.2 Å². The molecule has 3 aromatic carbocycles. The number of carbonyl (C=O) groups excluding carboxylic acids is 1. The number of ether oxygens (including phenoxy) is 2. The number of rotatable bonds is 9. The SMILES string of the molecule is COc1ccc(-c2noc([C@@H](Cc3ccccc3)NC(=O)c3cccc([N+](=O)[O-])c3)n2)cc1OC. The number of non-ortho nitro benzene ring substituents is 1. The second-order valence-electron chi connectivity index (χ2n) is 7.55. The lowest BCUT2D eigenvalue weighted by molar-refractivity contribution is -0.384. The van der Waals surface area contributed by atoms with E-state index in [1.807, 2.05) is 30.3 Å². The average Bonchev–Trinajstić information content (AvgIpc) is 3.39. The first-order chi connectivity index (χ1) is 17.0. The van der Waals surface area contributed by atoms with Gasteiger partial charge in [0.1, 0.15) is 6.04 Å². The van der Waals surface area contributed by atoms with Gasteiger partial charge < -0.3 is 19.3 Å². The average molecular weight is 474 g/mol. The third-order valence-corrected chi connectivity index (χ3v) is 5.29. The van der Waals surface area contributed by atoms with Gasteiger partial charge in [-0.2, -0.15) is 4.98 Å². The minimum absolute atomic E-state index is 0.150. The summed E-state index contributed by atoms with van der Waals surface area (Å²) in [6.45, 7) is 0. The van der Waals surface area contributed by atoms with Crippen LogP contribution in [0.5, 0.6) is 11.5 Å². The number of benzene rings is 3. The summed E-state index contributed by atoms with van der Waals surface area (Å²) < 4.78 is 16.1. The van der Waals surface area contributed by atoms with Gasteiger partial charge in [0.15, 0.2) is 11.5 Å². The van der Waals surface area contributed by atoms with E-state index in [2.05, 4.69) is 15.5 Å². The Balaban J connectivity index is 1.64. The van der Waals surface area contributed by atoms with Crippen molar-refractivity contribution in [2.24, 2.45) is 0 Å². The summed E-state index contributed by atoms with van der Waals surface area (Å²) in [5.41, 5.74) is 1.55. The van der Waals surface area contributed by atoms with Gasteiger partial charge in [-0.15, -0.1) is 0 Å². The number of nitro groups is 1. The molecule has 1 heterocycles. The van der Waals surface area contributed by atoms with Gasteiger partial charge in [0.2, 0.25) is 11.7 Å². The van der Waals surface area contributed by atoms with Crippen molar-refractivity contribution in [3.05, 3.63) is 99.9 Å². The molecule has 0 bridgehead atoms. The normalized spacial score (nSPS) is 11.5. The van der Waals surface area contributed by atoms with Crippen molar-refractivity contribution in [2.45, 2.75) is 12.5 Å². The molecule has 1 amide bonds. The van der Waals surface area contributed by atoms with E-state index < -0.39 is 16.9 Å². The zero-order valence-corrected chi connectivity index (χ0v) is 19.0. The molecule has 0 aliphatic rings. The Hall–Kier alpha value is -4.73. The monoisotopic (exact) mass is 474 g/mol. The number of amides is 1. The molecule has 10 heteroatoms. The topological polar surface area (TPSA) is 130 Å². The number of nitro benzene ring substituents is 1. The Morgan fingerprint density at radius 3 is 2.51 bits per heavy atom. The van der Waals surface area contributed by atoms with Gasteiger partial charge in [0.05, 0.1) is 19.1 Å². The number of hydrogen-bond acceptors (Lipinski definition) is 8. The predicted molar refractivity (Wildman–Crippen MR) is 126 cm³/mol. The number of aromatic nitrogens is 2. The van der Waals surface area contributed by atoms with Crippen molar-refractivity contribution >= 4 is 11.6 Å². The van der Waals surface area contributed by atoms with Crippen LogP contribution >= 0.6 is 0 Å². The molecule has 4 aromatic rings. The summed E-state index contributed by atoms with van der Waals surface area (Å²) in [6.07, 6.45) is 0.370. The summed E-state index contributed by atoms with van der Waals surface area (Å²) in [4.78, 5) is 28.0. The Bertz CT molecular complexity index is 1340. The van der Waals surface area contributed by atoms with Crippen molar-refractivity contribution < 1.29 is 23.7 Å². The first-order valence-corrected chi connectivity index (χ1v) is 10.6. The Kier molecular flexibility index (Phi) is 7.01. The molecule has 0 aliphatic carbocycles. The second kappa shape index (κ2) is 10.5. The maximum absolute atomic E-state index is 13.0. The van der Waals surface area contributed by atoms with Crippen LogP contribution in [0.1, 0.15) is 27.9 Å². The molecule has 0 saturated carbocycles. The molecule has 35 heavy (non-hydrogen) atoms. The molecule has 1 aromatic heterocycles. The molecule has 0 spiro atoms. The summed E-state index contributed by atoms with van der Waals surface area (Å²) in [5, 5.41) is 18.0. The number of nitrogens with zero attached hydrogens (tertiary/aromatic N) is 3. The van der Waals surface area contributed by atoms with Crippen LogP contribution in [0.2, 0.25) is 0 Å². The fourth-order valence-corrected chi connectivity index (χ4v) is 3.52. The van der Waals surface area contributed by atoms with Crippen LogP contribution in [0.3, 0.4) is 0 Å². The van der Waals surface area contributed by atoms with Crippen molar-refractivity contribution in [1.82, 2.24) is 15.5 Å². The highest BCUT2D eigenvalue weighted by Crippen LogP contribution is 2.32. The molecule has 4 rings (SSSR count). The van der Waals surface area contributed by atoms with E-state index >= 15 is 0 Å². The van der Waals surface area contributed by atoms with E-state index in [0.29, 0.717) is 29.3 Å². The molecule has 178 valence electrons. The van der Waals surface area contributed by atoms with Gasteiger partial charge in [-0.1, -0.05) is 41.6 Å². The van der Waals surface area contributed by atoms with Crippen LogP contribution in [0.25, 0.3) is 11.4 Å². The number of methoxy groups -OCH3 is 2. The van der Waals surface area contributed by atoms with Gasteiger partial charge >= 0.3 is 0 Å². The summed E-state index contributed by atoms with van der Waals surface area (Å²) >= 11 is 0. The molecular formula is C25H22N4O6. The van der Waals surface area contributed by atoms with Gasteiger partial charge in [0.25, 0.3) is 11.6 Å². The maximum atomic E-state index is 13.0. The molecule has 1 N–H and O–H groups in total. The first-order valence-electron chi connectivity index (χ1n) is 10.6. The van der Waals surface area contributed by atoms with Gasteiger partial charge in [-0.25, -0.2) is 0 Å². The fourth-order valence-electron chi connectivity index (χ4n) is 3.52. The van der Waals surface area contributed by atoms with Crippen LogP contribution in [-0.4, -0.2) is 35.2 Å². The largest absolute Gasteiger partial charge is 0.493 e. The Labute approximate surface area is 200 Å². The minimum Gasteiger partial charge on any atom is -0.493 e. The van der Waals surface area contributed by atoms with Crippen LogP contribution in [0.15, 0.2) is 77.3 Å². The van der Waals surface area contributed by atoms with E-state index in [4.69, 9.17) is 14.0 Å². The van der Waals surface area contributed by atoms with E-state index in [-0.39, 0.29) is 17.1 Å². The van der Waals surface area contributed by atoms with Crippen molar-refractivity contribution in [3.63, 3.8) is 0 Å². The quantitative estimate of drug-likeness (QED) is 0.279. The zero-order valence-electron chi connectivity index (χ0n) is 19.0. The highest BCUT2D eigenvalue weighted by atomic mass is 16.6. The molecule has 0 unspecified atom stereocenters. The summed E-state index contributed by atoms with van der Waals surface area (Å²) in [6, 6.07) is 19.6. The lowest BCUT2D eigenvalue weighted by Crippen LogP contribution is -2.30. The molecule has 0 saturated heterocycles. The van der Waals surface area contributed by atoms with Crippen molar-refractivity contribution in [3.8, 4) is 22.9 Å². The summed E-state index contributed by atoms with van der Waals surface area (Å²) in [7, 11) is 3.07. The Morgan fingerprint density at radius 1 is 1.03 bits per heavy atom. The highest BCUT2D eigenvalue weighted by Gasteiger charge is 2.24. The number of carbonyl (C=O) groups is 1. The molecular weight excluding hydrogens is 452 g/mol. The lowest BCUT2D eigenvalue weighted by atomic mass is 10.0. The third kappa shape index (κ3) is 5.44. The van der Waals surface area contributed by atoms with E-state index in [0.717, 1.165) is 5.56 Å². The number of nitrogens with one attached hydrogen (secondary N) is 1. The van der Waals surface area contributed by atoms with Gasteiger partial charge in [-0.3, -0.25) is 14.9 Å². The second-order valence-corrected chi connectivity index (χ2v) is 7.55. The van der Waals surface area contributed by atoms with Gasteiger partial charge in [-0.05, 0) is 29.8 Å². The minimum atomic E-state index is -0.675. The van der Waals surface area contributed by atoms with Gasteiger partial charge in [0, 0.05) is 29.7 Å². The first kappa shape index (κ1) is 23.4. The lowest BCUT2D eigenvalue weighted by Gasteiger charge is -2.15. The highest BCUT2D eigenvalue weighted by molar-refractivity contribution is 5.95. The molecule has 0 aliphatic heterocycles. The standard InChI is InChI=1S/C25H22N4O6/c1-33-21-12-11-17(15-22(21)34-2)23-27-25(35-28-23)20(13-16-7-4-3-5-8-16)26-24(30)18-9-6-10-19(14-18)29(31)32/h3-12,14-15,20H,13H2,1-2H3,(H,26,30)/t20-/m1/s1. The predicted octanol–water partition coefficient (Wildman–Crippen LogP) is 4.38. The van der Waals surface area contributed by atoms with Crippen LogP contribution < -0.4 is 14.8 Å². The van der Waals surface area contributed by atoms with Crippen LogP contribution in [0, 0.1) is 10.1 Å². The Morgan fingerprint density at radius 2 is 1.80 bits per heavy atom. The van der Waals surface area contributed by atoms with Crippen molar-refractivity contribution in [1.29, 1.82) is 0 Å². The number of hydrogen-bond donors (Lipinski definition) is 1. The molecule has 0 radical (unpaired) electrons. The maximum Gasteiger partial charge on any atom is 0.270 e. The van der Waals surface area contributed by atoms with E-state index in [1.165, 1.54) is 31.4 Å². The van der Waals surface area contributed by atoms with Crippen LogP contribution in [0.4, 0.5) is 5.69 Å². The summed E-state index contributed by atoms with van der Waals surface area (Å²) in [5.74, 6) is 1.07. The molecule has 1 atom stereocenters. The fraction of sp³-hybridized carbons (Fsp3) is 0.160. The van der Waals surface area contributed by atoms with E-state index in [9.17, 15) is 14.9 Å². The third-order valence-electron chi connectivity index (χ3n) is 5.29.